The summed E-state index contributed by atoms with van der Waals surface area (Å²) in [7, 11) is 0. The Kier molecular flexibility index (Phi) is 4.28. The zero-order valence-corrected chi connectivity index (χ0v) is 9.17. The Balaban J connectivity index is 2.78. The summed E-state index contributed by atoms with van der Waals surface area (Å²) < 4.78 is 13.6. The van der Waals surface area contributed by atoms with Crippen molar-refractivity contribution in [1.82, 2.24) is 5.48 Å². The van der Waals surface area contributed by atoms with E-state index in [0.29, 0.717) is 4.47 Å². The molecule has 1 rings (SSSR count). The molecule has 0 radical (unpaired) electrons. The molecular formula is C10H7BrFNO2. The third-order valence-electron chi connectivity index (χ3n) is 1.51. The van der Waals surface area contributed by atoms with Crippen LogP contribution in [0.3, 0.4) is 0 Å². The van der Waals surface area contributed by atoms with E-state index in [2.05, 4.69) is 26.7 Å². The first-order chi connectivity index (χ1) is 7.16. The van der Waals surface area contributed by atoms with E-state index in [1.165, 1.54) is 12.1 Å². The minimum Gasteiger partial charge on any atom is -0.267 e. The van der Waals surface area contributed by atoms with E-state index in [0.717, 1.165) is 0 Å². The maximum Gasteiger partial charge on any atom is 0.279 e. The second-order valence-corrected chi connectivity index (χ2v) is 3.37. The molecule has 0 saturated carbocycles. The van der Waals surface area contributed by atoms with Gasteiger partial charge in [-0.05, 0) is 28.1 Å². The number of hydrogen-bond acceptors (Lipinski definition) is 2. The predicted molar refractivity (Wildman–Crippen MR) is 56.4 cm³/mol. The maximum absolute atomic E-state index is 13.2. The van der Waals surface area contributed by atoms with Crippen LogP contribution < -0.4 is 5.48 Å². The maximum atomic E-state index is 13.2. The molecule has 0 bridgehead atoms. The summed E-state index contributed by atoms with van der Waals surface area (Å²) in [5.74, 6) is 0.843. The summed E-state index contributed by atoms with van der Waals surface area (Å²) in [6.07, 6.45) is 4.90. The molecule has 0 heterocycles. The van der Waals surface area contributed by atoms with Crippen LogP contribution in [0.2, 0.25) is 0 Å². The average molecular weight is 272 g/mol. The van der Waals surface area contributed by atoms with E-state index >= 15 is 0 Å². The Hall–Kier alpha value is -1.38. The molecular weight excluding hydrogens is 265 g/mol. The van der Waals surface area contributed by atoms with E-state index < -0.39 is 11.7 Å². The summed E-state index contributed by atoms with van der Waals surface area (Å²) in [6, 6.07) is 4.22. The lowest BCUT2D eigenvalue weighted by atomic mass is 10.2. The summed E-state index contributed by atoms with van der Waals surface area (Å²) >= 11 is 3.06. The molecule has 0 atom stereocenters. The lowest BCUT2D eigenvalue weighted by Gasteiger charge is -2.05. The number of benzene rings is 1. The number of rotatable bonds is 3. The normalized spacial score (nSPS) is 9.40. The predicted octanol–water partition coefficient (Wildman–Crippen LogP) is 1.88. The molecule has 0 aliphatic heterocycles. The Morgan fingerprint density at radius 1 is 1.67 bits per heavy atom. The fourth-order valence-corrected chi connectivity index (χ4v) is 1.43. The van der Waals surface area contributed by atoms with Gasteiger partial charge in [0.15, 0.2) is 0 Å². The summed E-state index contributed by atoms with van der Waals surface area (Å²) in [5, 5.41) is 0. The molecule has 0 aromatic heterocycles. The highest BCUT2D eigenvalue weighted by molar-refractivity contribution is 9.10. The van der Waals surface area contributed by atoms with Crippen LogP contribution in [0.5, 0.6) is 0 Å². The van der Waals surface area contributed by atoms with Gasteiger partial charge in [-0.1, -0.05) is 12.0 Å². The van der Waals surface area contributed by atoms with Crippen molar-refractivity contribution in [3.63, 3.8) is 0 Å². The number of terminal acetylenes is 1. The van der Waals surface area contributed by atoms with Crippen molar-refractivity contribution in [3.8, 4) is 12.3 Å². The van der Waals surface area contributed by atoms with Crippen LogP contribution in [0.1, 0.15) is 10.4 Å². The Morgan fingerprint density at radius 2 is 2.40 bits per heavy atom. The number of hydrogen-bond donors (Lipinski definition) is 1. The van der Waals surface area contributed by atoms with Gasteiger partial charge in [-0.3, -0.25) is 9.63 Å². The molecule has 3 nitrogen and oxygen atoms in total. The Labute approximate surface area is 94.7 Å². The number of nitrogens with one attached hydrogen (secondary N) is 1. The first-order valence-corrected chi connectivity index (χ1v) is 4.75. The highest BCUT2D eigenvalue weighted by atomic mass is 79.9. The second-order valence-electron chi connectivity index (χ2n) is 2.52. The summed E-state index contributed by atoms with van der Waals surface area (Å²) in [6.45, 7) is -0.0716. The van der Waals surface area contributed by atoms with Crippen LogP contribution in [-0.4, -0.2) is 12.5 Å². The largest absolute Gasteiger partial charge is 0.279 e. The molecule has 78 valence electrons. The highest BCUT2D eigenvalue weighted by Gasteiger charge is 2.14. The molecule has 0 aliphatic rings. The van der Waals surface area contributed by atoms with Crippen molar-refractivity contribution in [3.05, 3.63) is 34.1 Å². The van der Waals surface area contributed by atoms with Crippen LogP contribution in [0.15, 0.2) is 22.7 Å². The molecule has 5 heteroatoms. The average Bonchev–Trinajstić information content (AvgIpc) is 2.18. The lowest BCUT2D eigenvalue weighted by Crippen LogP contribution is -2.25. The number of amides is 1. The molecule has 0 unspecified atom stereocenters. The van der Waals surface area contributed by atoms with Crippen molar-refractivity contribution in [2.45, 2.75) is 0 Å². The van der Waals surface area contributed by atoms with Crippen molar-refractivity contribution in [2.75, 3.05) is 6.61 Å². The van der Waals surface area contributed by atoms with Crippen LogP contribution in [-0.2, 0) is 4.84 Å². The van der Waals surface area contributed by atoms with Gasteiger partial charge < -0.3 is 0 Å². The third kappa shape index (κ3) is 3.05. The molecule has 15 heavy (non-hydrogen) atoms. The number of halogens is 2. The van der Waals surface area contributed by atoms with Gasteiger partial charge in [0.25, 0.3) is 5.91 Å². The van der Waals surface area contributed by atoms with E-state index in [1.54, 1.807) is 6.07 Å². The first kappa shape index (κ1) is 11.7. The first-order valence-electron chi connectivity index (χ1n) is 3.96. The molecule has 0 aliphatic carbocycles. The van der Waals surface area contributed by atoms with Crippen LogP contribution in [0.4, 0.5) is 4.39 Å². The molecule has 1 N–H and O–H groups in total. The van der Waals surface area contributed by atoms with E-state index in [9.17, 15) is 9.18 Å². The van der Waals surface area contributed by atoms with Gasteiger partial charge in [0.05, 0.1) is 5.56 Å². The van der Waals surface area contributed by atoms with Crippen LogP contribution in [0.25, 0.3) is 0 Å². The summed E-state index contributed by atoms with van der Waals surface area (Å²) in [5.41, 5.74) is 1.91. The standard InChI is InChI=1S/C10H7BrFNO2/c1-2-6-15-13-10(14)9-7(11)4-3-5-8(9)12/h1,3-5H,6H2,(H,13,14). The molecule has 1 aromatic rings. The monoisotopic (exact) mass is 271 g/mol. The topological polar surface area (TPSA) is 38.3 Å². The van der Waals surface area contributed by atoms with E-state index in [1.807, 2.05) is 5.48 Å². The lowest BCUT2D eigenvalue weighted by molar-refractivity contribution is 0.0433. The molecule has 1 amide bonds. The quantitative estimate of drug-likeness (QED) is 0.518. The molecule has 1 aromatic carbocycles. The summed E-state index contributed by atoms with van der Waals surface area (Å²) in [4.78, 5) is 16.0. The SMILES string of the molecule is C#CCONC(=O)c1c(F)cccc1Br. The highest BCUT2D eigenvalue weighted by Crippen LogP contribution is 2.19. The smallest absolute Gasteiger partial charge is 0.267 e. The van der Waals surface area contributed by atoms with Gasteiger partial charge in [-0.15, -0.1) is 6.42 Å². The van der Waals surface area contributed by atoms with Gasteiger partial charge in [-0.25, -0.2) is 9.87 Å². The van der Waals surface area contributed by atoms with Crippen molar-refractivity contribution in [1.29, 1.82) is 0 Å². The molecule has 0 spiro atoms. The molecule has 0 saturated heterocycles. The zero-order chi connectivity index (χ0) is 11.3. The number of hydroxylamine groups is 1. The fourth-order valence-electron chi connectivity index (χ4n) is 0.909. The van der Waals surface area contributed by atoms with E-state index in [4.69, 9.17) is 6.42 Å². The van der Waals surface area contributed by atoms with Crippen molar-refractivity contribution in [2.24, 2.45) is 0 Å². The molecule has 0 fully saturated rings. The van der Waals surface area contributed by atoms with Crippen molar-refractivity contribution >= 4 is 21.8 Å². The number of carbonyl (C=O) groups excluding carboxylic acids is 1. The third-order valence-corrected chi connectivity index (χ3v) is 2.17. The van der Waals surface area contributed by atoms with Crippen LogP contribution in [0, 0.1) is 18.2 Å². The number of carbonyl (C=O) groups is 1. The van der Waals surface area contributed by atoms with Gasteiger partial charge in [0.1, 0.15) is 12.4 Å². The Morgan fingerprint density at radius 3 is 3.00 bits per heavy atom. The van der Waals surface area contributed by atoms with Crippen LogP contribution >= 0.6 is 15.9 Å². The zero-order valence-electron chi connectivity index (χ0n) is 7.59. The minimum atomic E-state index is -0.685. The fraction of sp³-hybridized carbons (Fsp3) is 0.100. The minimum absolute atomic E-state index is 0.0716. The van der Waals surface area contributed by atoms with Gasteiger partial charge in [0, 0.05) is 4.47 Å². The second kappa shape index (κ2) is 5.49. The van der Waals surface area contributed by atoms with Gasteiger partial charge >= 0.3 is 0 Å². The van der Waals surface area contributed by atoms with Crippen molar-refractivity contribution < 1.29 is 14.0 Å². The Bertz CT molecular complexity index is 394. The van der Waals surface area contributed by atoms with Gasteiger partial charge in [0.2, 0.25) is 0 Å². The van der Waals surface area contributed by atoms with Gasteiger partial charge in [-0.2, -0.15) is 0 Å². The van der Waals surface area contributed by atoms with E-state index in [-0.39, 0.29) is 12.2 Å².